The number of rotatable bonds is 79. The third-order valence-corrected chi connectivity index (χ3v) is 19.5. The number of unbranched alkanes of at least 4 members (excludes halogenated alkanes) is 31. The number of carbonyl (C=O) groups excluding carboxylic acids is 4. The van der Waals surface area contributed by atoms with Crippen LogP contribution in [0.4, 0.5) is 0 Å². The highest BCUT2D eigenvalue weighted by atomic mass is 31.2. The number of phosphoric acid groups is 2. The Bertz CT molecular complexity index is 2560. The largest absolute Gasteiger partial charge is 0.472 e. The number of ether oxygens (including phenoxy) is 4. The van der Waals surface area contributed by atoms with Gasteiger partial charge in [-0.1, -0.05) is 322 Å². The van der Waals surface area contributed by atoms with Gasteiger partial charge >= 0.3 is 39.5 Å². The summed E-state index contributed by atoms with van der Waals surface area (Å²) in [5.74, 6) is -2.30. The minimum Gasteiger partial charge on any atom is -0.462 e. The lowest BCUT2D eigenvalue weighted by atomic mass is 10.0. The molecule has 3 N–H and O–H groups in total. The van der Waals surface area contributed by atoms with Crippen molar-refractivity contribution in [2.75, 3.05) is 39.6 Å². The van der Waals surface area contributed by atoms with E-state index in [0.717, 1.165) is 141 Å². The number of allylic oxidation sites excluding steroid dienone is 22. The highest BCUT2D eigenvalue weighted by Gasteiger charge is 2.30. The van der Waals surface area contributed by atoms with Crippen molar-refractivity contribution < 1.29 is 80.2 Å². The van der Waals surface area contributed by atoms with Crippen LogP contribution in [0.3, 0.4) is 0 Å². The van der Waals surface area contributed by atoms with Crippen molar-refractivity contribution in [1.82, 2.24) is 0 Å². The summed E-state index contributed by atoms with van der Waals surface area (Å²) in [5.41, 5.74) is 0. The Morgan fingerprint density at radius 2 is 0.500 bits per heavy atom. The number of esters is 4. The predicted octanol–water partition coefficient (Wildman–Crippen LogP) is 25.2. The van der Waals surface area contributed by atoms with Crippen molar-refractivity contribution in [3.05, 3.63) is 134 Å². The van der Waals surface area contributed by atoms with Gasteiger partial charge in [0, 0.05) is 25.7 Å². The lowest BCUT2D eigenvalue weighted by Gasteiger charge is -2.21. The molecule has 19 heteroatoms. The van der Waals surface area contributed by atoms with Gasteiger partial charge in [-0.2, -0.15) is 0 Å². The van der Waals surface area contributed by atoms with Gasteiger partial charge in [0.1, 0.15) is 19.3 Å². The van der Waals surface area contributed by atoms with E-state index < -0.39 is 97.5 Å². The molecular formula is C89H152O17P2. The molecule has 620 valence electrons. The summed E-state index contributed by atoms with van der Waals surface area (Å²) in [6, 6.07) is 0. The Morgan fingerprint density at radius 3 is 0.843 bits per heavy atom. The van der Waals surface area contributed by atoms with E-state index in [9.17, 15) is 43.2 Å². The van der Waals surface area contributed by atoms with Crippen molar-refractivity contribution in [2.45, 2.75) is 367 Å². The number of hydrogen-bond acceptors (Lipinski definition) is 15. The SMILES string of the molecule is CC/C=C\C/C=C\C/C=C\C/C=C\C/C=C\CCCCCC(=O)O[C@H](COC(=O)CCCCCCCCC/C=C\CCCCCC)COP(=O)(O)OC[C@H](O)COP(=O)(O)OC[C@@H](COC(=O)CC/C=C\C/C=C\C/C=C\C/C=C\C/C=C\CCCCC)OC(=O)CCCCCCCCCCCCCCCCC. The van der Waals surface area contributed by atoms with Crippen molar-refractivity contribution in [3.63, 3.8) is 0 Å². The summed E-state index contributed by atoms with van der Waals surface area (Å²) in [6.45, 7) is 4.64. The topological polar surface area (TPSA) is 237 Å². The van der Waals surface area contributed by atoms with Crippen LogP contribution >= 0.6 is 15.6 Å². The molecule has 0 amide bonds. The first-order valence-electron chi connectivity index (χ1n) is 42.4. The average molecular weight is 1560 g/mol. The van der Waals surface area contributed by atoms with Crippen LogP contribution in [0.25, 0.3) is 0 Å². The van der Waals surface area contributed by atoms with Crippen LogP contribution in [-0.2, 0) is 65.4 Å². The summed E-state index contributed by atoms with van der Waals surface area (Å²) in [4.78, 5) is 73.2. The highest BCUT2D eigenvalue weighted by Crippen LogP contribution is 2.45. The van der Waals surface area contributed by atoms with E-state index in [4.69, 9.17) is 37.0 Å². The maximum absolute atomic E-state index is 13.1. The number of hydrogen-bond donors (Lipinski definition) is 3. The van der Waals surface area contributed by atoms with E-state index in [0.29, 0.717) is 32.1 Å². The Labute approximate surface area is 656 Å². The molecule has 108 heavy (non-hydrogen) atoms. The zero-order chi connectivity index (χ0) is 78.9. The second-order valence-corrected chi connectivity index (χ2v) is 30.9. The van der Waals surface area contributed by atoms with Crippen molar-refractivity contribution in [3.8, 4) is 0 Å². The van der Waals surface area contributed by atoms with Crippen LogP contribution < -0.4 is 0 Å². The standard InChI is InChI=1S/C89H152O17P2/c1-5-9-13-17-21-25-29-33-37-39-41-43-47-50-54-58-62-66-70-74-87(92)100-80-84(105-88(93)75-71-67-63-59-55-51-46-36-32-28-24-20-16-12-8-4)81-103-107(95,96)101-77-83(90)78-102-108(97,98)104-82-85(79-99-86(91)73-69-65-61-57-53-49-45-35-31-27-23-19-15-11-7-3)106-89(94)76-72-68-64-60-56-52-48-44-42-40-38-34-30-26-22-18-14-10-6-2/h10,14,21-22,25-27,31,33-34,37-38,41-44,50,52,54,56,62,66,83-85,90H,5-9,11-13,15-20,23-24,28-30,32,35-36,39-40,45-49,51,53,55,57-61,63-65,67-82H2,1-4H3,(H,95,96)(H,97,98)/b14-10-,25-21-,26-22-,31-27-,37-33-,38-34-,43-41-,44-42-,54-50-,56-52-,66-62-/t83-,84-,85-/m1/s1. The normalized spacial score (nSPS) is 14.5. The number of carbonyl (C=O) groups is 4. The Kier molecular flexibility index (Phi) is 76.7. The molecule has 0 aromatic carbocycles. The molecule has 2 unspecified atom stereocenters. The Hall–Kier alpha value is -4.80. The summed E-state index contributed by atoms with van der Waals surface area (Å²) in [7, 11) is -10.00. The zero-order valence-corrected chi connectivity index (χ0v) is 69.8. The number of phosphoric ester groups is 2. The van der Waals surface area contributed by atoms with Gasteiger partial charge in [-0.25, -0.2) is 9.13 Å². The lowest BCUT2D eigenvalue weighted by molar-refractivity contribution is -0.161. The maximum Gasteiger partial charge on any atom is 0.472 e. The zero-order valence-electron chi connectivity index (χ0n) is 68.0. The van der Waals surface area contributed by atoms with Gasteiger partial charge in [0.2, 0.25) is 0 Å². The minimum atomic E-state index is -5.00. The van der Waals surface area contributed by atoms with Crippen LogP contribution in [0.1, 0.15) is 349 Å². The summed E-state index contributed by atoms with van der Waals surface area (Å²) in [6.07, 6.45) is 91.4. The summed E-state index contributed by atoms with van der Waals surface area (Å²) >= 11 is 0. The Balaban J connectivity index is 5.46. The molecule has 0 aromatic heterocycles. The van der Waals surface area contributed by atoms with Gasteiger partial charge in [0.25, 0.3) is 0 Å². The molecule has 5 atom stereocenters. The fourth-order valence-corrected chi connectivity index (χ4v) is 12.7. The molecule has 0 rings (SSSR count). The third kappa shape index (κ3) is 79.3. The van der Waals surface area contributed by atoms with E-state index in [1.165, 1.54) is 122 Å². The molecule has 0 saturated heterocycles. The first kappa shape index (κ1) is 103. The van der Waals surface area contributed by atoms with Crippen molar-refractivity contribution in [2.24, 2.45) is 0 Å². The molecule has 0 fully saturated rings. The van der Waals surface area contributed by atoms with E-state index in [1.807, 2.05) is 12.2 Å². The molecule has 0 spiro atoms. The molecule has 0 aliphatic carbocycles. The van der Waals surface area contributed by atoms with Crippen LogP contribution in [0.5, 0.6) is 0 Å². The van der Waals surface area contributed by atoms with Crippen LogP contribution in [-0.4, -0.2) is 96.7 Å². The molecular weight excluding hydrogens is 1400 g/mol. The fourth-order valence-electron chi connectivity index (χ4n) is 11.2. The van der Waals surface area contributed by atoms with Crippen LogP contribution in [0.15, 0.2) is 134 Å². The summed E-state index contributed by atoms with van der Waals surface area (Å²) in [5, 5.41) is 10.7. The highest BCUT2D eigenvalue weighted by molar-refractivity contribution is 7.47. The van der Waals surface area contributed by atoms with E-state index in [-0.39, 0.29) is 25.7 Å². The van der Waals surface area contributed by atoms with E-state index in [2.05, 4.69) is 149 Å². The average Bonchev–Trinajstić information content (AvgIpc) is 0.899. The van der Waals surface area contributed by atoms with Gasteiger partial charge < -0.3 is 33.8 Å². The monoisotopic (exact) mass is 1560 g/mol. The Morgan fingerprint density at radius 1 is 0.269 bits per heavy atom. The molecule has 0 saturated carbocycles. The predicted molar refractivity (Wildman–Crippen MR) is 445 cm³/mol. The molecule has 0 heterocycles. The number of aliphatic hydroxyl groups is 1. The first-order chi connectivity index (χ1) is 52.7. The first-order valence-corrected chi connectivity index (χ1v) is 45.4. The molecule has 17 nitrogen and oxygen atoms in total. The quantitative estimate of drug-likeness (QED) is 0.0169. The fraction of sp³-hybridized carbons (Fsp3) is 0.708. The lowest BCUT2D eigenvalue weighted by Crippen LogP contribution is -2.30. The van der Waals surface area contributed by atoms with Gasteiger partial charge in [-0.05, 0) is 135 Å². The van der Waals surface area contributed by atoms with Gasteiger partial charge in [-0.15, -0.1) is 0 Å². The molecule has 0 bridgehead atoms. The molecule has 0 aromatic rings. The van der Waals surface area contributed by atoms with Crippen LogP contribution in [0, 0.1) is 0 Å². The van der Waals surface area contributed by atoms with Gasteiger partial charge in [-0.3, -0.25) is 37.3 Å². The van der Waals surface area contributed by atoms with E-state index in [1.54, 1.807) is 0 Å². The van der Waals surface area contributed by atoms with Crippen LogP contribution in [0.2, 0.25) is 0 Å². The molecule has 0 radical (unpaired) electrons. The summed E-state index contributed by atoms with van der Waals surface area (Å²) < 4.78 is 68.7. The third-order valence-electron chi connectivity index (χ3n) is 17.6. The van der Waals surface area contributed by atoms with Gasteiger partial charge in [0.05, 0.1) is 26.4 Å². The van der Waals surface area contributed by atoms with E-state index >= 15 is 0 Å². The smallest absolute Gasteiger partial charge is 0.462 e. The van der Waals surface area contributed by atoms with Gasteiger partial charge in [0.15, 0.2) is 12.2 Å². The molecule has 0 aliphatic rings. The minimum absolute atomic E-state index is 0.0372. The maximum atomic E-state index is 13.1. The van der Waals surface area contributed by atoms with Crippen molar-refractivity contribution >= 4 is 39.5 Å². The van der Waals surface area contributed by atoms with Crippen molar-refractivity contribution in [1.29, 1.82) is 0 Å². The second-order valence-electron chi connectivity index (χ2n) is 28.0. The number of aliphatic hydroxyl groups excluding tert-OH is 1. The molecule has 0 aliphatic heterocycles. The second kappa shape index (κ2) is 80.3.